The summed E-state index contributed by atoms with van der Waals surface area (Å²) in [6, 6.07) is 12.3. The van der Waals surface area contributed by atoms with Crippen LogP contribution in [-0.4, -0.2) is 66.0 Å². The van der Waals surface area contributed by atoms with Crippen molar-refractivity contribution in [3.8, 4) is 11.5 Å². The number of amides is 2. The molecule has 34 heavy (non-hydrogen) atoms. The first kappa shape index (κ1) is 22.8. The molecule has 3 aliphatic heterocycles. The molecule has 0 aromatic heterocycles. The van der Waals surface area contributed by atoms with Crippen molar-refractivity contribution in [2.45, 2.75) is 30.6 Å². The molecule has 0 saturated carbocycles. The first-order valence-electron chi connectivity index (χ1n) is 11.6. The summed E-state index contributed by atoms with van der Waals surface area (Å²) in [6.45, 7) is 3.77. The third-order valence-corrected chi connectivity index (χ3v) is 9.34. The van der Waals surface area contributed by atoms with Crippen molar-refractivity contribution < 1.29 is 18.5 Å². The summed E-state index contributed by atoms with van der Waals surface area (Å²) in [6.07, 6.45) is 3.69. The highest BCUT2D eigenvalue weighted by atomic mass is 32.2. The van der Waals surface area contributed by atoms with Gasteiger partial charge in [0.05, 0.1) is 19.0 Å². The third kappa shape index (κ3) is 3.64. The van der Waals surface area contributed by atoms with Crippen LogP contribution >= 0.6 is 0 Å². The summed E-state index contributed by atoms with van der Waals surface area (Å²) >= 11 is 0. The molecule has 2 amide bonds. The van der Waals surface area contributed by atoms with Crippen molar-refractivity contribution >= 4 is 28.1 Å². The molecular weight excluding hydrogens is 450 g/mol. The highest BCUT2D eigenvalue weighted by Gasteiger charge is 2.53. The van der Waals surface area contributed by atoms with Crippen LogP contribution < -0.4 is 19.7 Å². The molecule has 8 heteroatoms. The SMILES string of the molecule is CNC(=O)N1C=C(c2ccc(N3CC4(CCS4=O)C3)cc2)c2cc(OC)c(OC)cc2C[C@H]1C. The van der Waals surface area contributed by atoms with E-state index < -0.39 is 10.8 Å². The van der Waals surface area contributed by atoms with Gasteiger partial charge in [-0.1, -0.05) is 12.1 Å². The molecule has 7 nitrogen and oxygen atoms in total. The topological polar surface area (TPSA) is 71.1 Å². The zero-order chi connectivity index (χ0) is 24.0. The van der Waals surface area contributed by atoms with Gasteiger partial charge >= 0.3 is 6.03 Å². The zero-order valence-electron chi connectivity index (χ0n) is 20.1. The summed E-state index contributed by atoms with van der Waals surface area (Å²) in [7, 11) is 4.24. The van der Waals surface area contributed by atoms with Crippen LogP contribution in [0.5, 0.6) is 11.5 Å². The average molecular weight is 482 g/mol. The number of nitrogens with one attached hydrogen (secondary N) is 1. The van der Waals surface area contributed by atoms with Crippen molar-refractivity contribution in [2.24, 2.45) is 0 Å². The fraction of sp³-hybridized carbons (Fsp3) is 0.423. The predicted molar refractivity (Wildman–Crippen MR) is 135 cm³/mol. The van der Waals surface area contributed by atoms with Gasteiger partial charge in [0.15, 0.2) is 11.5 Å². The summed E-state index contributed by atoms with van der Waals surface area (Å²) in [5.74, 6) is 2.18. The molecule has 5 rings (SSSR count). The molecular formula is C26H31N3O4S. The van der Waals surface area contributed by atoms with Crippen molar-refractivity contribution in [2.75, 3.05) is 45.0 Å². The van der Waals surface area contributed by atoms with E-state index in [1.165, 1.54) is 0 Å². The smallest absolute Gasteiger partial charge is 0.321 e. The molecule has 2 fully saturated rings. The van der Waals surface area contributed by atoms with Crippen LogP contribution in [-0.2, 0) is 17.2 Å². The Labute approximate surface area is 203 Å². The second-order valence-corrected chi connectivity index (χ2v) is 11.3. The van der Waals surface area contributed by atoms with Crippen molar-refractivity contribution in [1.29, 1.82) is 0 Å². The molecule has 1 spiro atoms. The minimum Gasteiger partial charge on any atom is -0.493 e. The van der Waals surface area contributed by atoms with E-state index in [4.69, 9.17) is 9.47 Å². The van der Waals surface area contributed by atoms with Crippen molar-refractivity contribution in [3.05, 3.63) is 59.3 Å². The summed E-state index contributed by atoms with van der Waals surface area (Å²) in [4.78, 5) is 16.8. The normalized spacial score (nSPS) is 22.6. The lowest BCUT2D eigenvalue weighted by Crippen LogP contribution is -2.69. The number of nitrogens with zero attached hydrogens (tertiary/aromatic N) is 2. The van der Waals surface area contributed by atoms with Gasteiger partial charge in [-0.15, -0.1) is 0 Å². The lowest BCUT2D eigenvalue weighted by molar-refractivity contribution is 0.205. The molecule has 0 aliphatic carbocycles. The highest BCUT2D eigenvalue weighted by Crippen LogP contribution is 2.42. The maximum atomic E-state index is 12.7. The van der Waals surface area contributed by atoms with Gasteiger partial charge in [-0.3, -0.25) is 9.11 Å². The average Bonchev–Trinajstić information content (AvgIpc) is 2.96. The van der Waals surface area contributed by atoms with Gasteiger partial charge in [-0.05, 0) is 60.7 Å². The third-order valence-electron chi connectivity index (χ3n) is 7.33. The standard InChI is InChI=1S/C26H31N3O4S/c1-17-11-19-12-23(32-3)24(33-4)13-21(19)22(14-29(17)25(30)27-2)18-5-7-20(8-6-18)28-15-26(16-28)9-10-34(26)31/h5-8,12-14,17H,9-11,15-16H2,1-4H3,(H,27,30)/t17-,34?/m1/s1. The Balaban J connectivity index is 1.52. The van der Waals surface area contributed by atoms with Crippen LogP contribution in [0.25, 0.3) is 5.57 Å². The zero-order valence-corrected chi connectivity index (χ0v) is 20.9. The van der Waals surface area contributed by atoms with Gasteiger partial charge in [-0.25, -0.2) is 4.79 Å². The molecule has 3 heterocycles. The summed E-state index contributed by atoms with van der Waals surface area (Å²) < 4.78 is 23.2. The quantitative estimate of drug-likeness (QED) is 0.725. The molecule has 180 valence electrons. The lowest BCUT2D eigenvalue weighted by atomic mass is 9.91. The van der Waals surface area contributed by atoms with Gasteiger partial charge < -0.3 is 19.7 Å². The van der Waals surface area contributed by atoms with Crippen LogP contribution in [0, 0.1) is 0 Å². The van der Waals surface area contributed by atoms with E-state index in [2.05, 4.69) is 34.5 Å². The van der Waals surface area contributed by atoms with Crippen molar-refractivity contribution in [1.82, 2.24) is 10.2 Å². The molecule has 2 atom stereocenters. The molecule has 1 unspecified atom stereocenters. The number of benzene rings is 2. The Hall–Kier alpha value is -3.00. The molecule has 2 aromatic rings. The minimum absolute atomic E-state index is 0.0290. The number of carbonyl (C=O) groups excluding carboxylic acids is 1. The molecule has 3 aliphatic rings. The molecule has 2 saturated heterocycles. The van der Waals surface area contributed by atoms with E-state index in [0.717, 1.165) is 53.2 Å². The van der Waals surface area contributed by atoms with Gasteiger partial charge in [0.2, 0.25) is 0 Å². The van der Waals surface area contributed by atoms with Gasteiger partial charge in [0.25, 0.3) is 0 Å². The van der Waals surface area contributed by atoms with Crippen LogP contribution in [0.4, 0.5) is 10.5 Å². The van der Waals surface area contributed by atoms with Gasteiger partial charge in [0.1, 0.15) is 0 Å². The van der Waals surface area contributed by atoms with E-state index in [9.17, 15) is 9.00 Å². The fourth-order valence-electron chi connectivity index (χ4n) is 5.17. The van der Waals surface area contributed by atoms with E-state index in [-0.39, 0.29) is 16.8 Å². The Morgan fingerprint density at radius 3 is 2.35 bits per heavy atom. The lowest BCUT2D eigenvalue weighted by Gasteiger charge is -2.55. The number of methoxy groups -OCH3 is 2. The molecule has 0 radical (unpaired) electrons. The molecule has 1 N–H and O–H groups in total. The number of ether oxygens (including phenoxy) is 2. The van der Waals surface area contributed by atoms with Crippen LogP contribution in [0.3, 0.4) is 0 Å². The maximum Gasteiger partial charge on any atom is 0.321 e. The van der Waals surface area contributed by atoms with E-state index >= 15 is 0 Å². The number of fused-ring (bicyclic) bond motifs is 1. The number of rotatable bonds is 4. The van der Waals surface area contributed by atoms with Crippen LogP contribution in [0.1, 0.15) is 30.0 Å². The highest BCUT2D eigenvalue weighted by molar-refractivity contribution is 7.88. The predicted octanol–water partition coefficient (Wildman–Crippen LogP) is 3.39. The van der Waals surface area contributed by atoms with Gasteiger partial charge in [-0.2, -0.15) is 0 Å². The number of hydrogen-bond donors (Lipinski definition) is 1. The number of carbonyl (C=O) groups is 1. The van der Waals surface area contributed by atoms with E-state index in [0.29, 0.717) is 17.9 Å². The maximum absolute atomic E-state index is 12.7. The monoisotopic (exact) mass is 481 g/mol. The second kappa shape index (κ2) is 8.65. The Bertz CT molecular complexity index is 1170. The number of urea groups is 1. The number of hydrogen-bond acceptors (Lipinski definition) is 5. The van der Waals surface area contributed by atoms with Gasteiger partial charge in [0, 0.05) is 60.2 Å². The van der Waals surface area contributed by atoms with E-state index in [1.807, 2.05) is 25.3 Å². The number of anilines is 1. The largest absolute Gasteiger partial charge is 0.493 e. The Morgan fingerprint density at radius 2 is 1.79 bits per heavy atom. The van der Waals surface area contributed by atoms with Crippen LogP contribution in [0.15, 0.2) is 42.6 Å². The minimum atomic E-state index is -0.673. The van der Waals surface area contributed by atoms with E-state index in [1.54, 1.807) is 26.2 Å². The first-order valence-corrected chi connectivity index (χ1v) is 12.9. The second-order valence-electron chi connectivity index (χ2n) is 9.31. The Morgan fingerprint density at radius 1 is 1.12 bits per heavy atom. The summed E-state index contributed by atoms with van der Waals surface area (Å²) in [5, 5.41) is 2.76. The first-order chi connectivity index (χ1) is 16.4. The molecule has 2 aromatic carbocycles. The molecule has 0 bridgehead atoms. The van der Waals surface area contributed by atoms with Crippen molar-refractivity contribution in [3.63, 3.8) is 0 Å². The fourth-order valence-corrected chi connectivity index (χ4v) is 6.72. The summed E-state index contributed by atoms with van der Waals surface area (Å²) in [5.41, 5.74) is 5.23. The van der Waals surface area contributed by atoms with Crippen LogP contribution in [0.2, 0.25) is 0 Å². The Kier molecular flexibility index (Phi) is 5.80.